The Labute approximate surface area is 134 Å². The van der Waals surface area contributed by atoms with Crippen molar-refractivity contribution in [3.8, 4) is 11.5 Å². The van der Waals surface area contributed by atoms with Crippen LogP contribution in [0.4, 0.5) is 11.5 Å². The third-order valence-corrected chi connectivity index (χ3v) is 3.91. The number of fused-ring (bicyclic) bond motifs is 1. The first-order chi connectivity index (χ1) is 10.7. The van der Waals surface area contributed by atoms with Gasteiger partial charge in [-0.3, -0.25) is 0 Å². The molecule has 0 aliphatic carbocycles. The van der Waals surface area contributed by atoms with Crippen LogP contribution in [0.25, 0.3) is 0 Å². The average Bonchev–Trinajstić information content (AvgIpc) is 2.56. The van der Waals surface area contributed by atoms with Crippen molar-refractivity contribution in [2.24, 2.45) is 0 Å². The second-order valence-corrected chi connectivity index (χ2v) is 5.25. The van der Waals surface area contributed by atoms with Gasteiger partial charge in [0, 0.05) is 31.3 Å². The van der Waals surface area contributed by atoms with E-state index < -0.39 is 0 Å². The first-order valence-electron chi connectivity index (χ1n) is 6.93. The van der Waals surface area contributed by atoms with Crippen LogP contribution in [0.2, 0.25) is 5.15 Å². The van der Waals surface area contributed by atoms with E-state index in [2.05, 4.69) is 20.2 Å². The number of methoxy groups -OCH3 is 2. The average molecular weight is 321 g/mol. The quantitative estimate of drug-likeness (QED) is 0.874. The highest BCUT2D eigenvalue weighted by Gasteiger charge is 2.22. The Morgan fingerprint density at radius 3 is 2.91 bits per heavy atom. The fourth-order valence-electron chi connectivity index (χ4n) is 2.51. The highest BCUT2D eigenvalue weighted by Crippen LogP contribution is 2.34. The highest BCUT2D eigenvalue weighted by atomic mass is 35.5. The lowest BCUT2D eigenvalue weighted by atomic mass is 10.1. The number of rotatable bonds is 4. The molecule has 0 saturated carbocycles. The van der Waals surface area contributed by atoms with Crippen molar-refractivity contribution in [2.75, 3.05) is 37.5 Å². The molecule has 0 fully saturated rings. The molecule has 2 aromatic rings. The van der Waals surface area contributed by atoms with Crippen molar-refractivity contribution in [1.82, 2.24) is 9.97 Å². The normalized spacial score (nSPS) is 13.3. The van der Waals surface area contributed by atoms with Gasteiger partial charge in [-0.05, 0) is 12.1 Å². The summed E-state index contributed by atoms with van der Waals surface area (Å²) in [7, 11) is 3.29. The topological polar surface area (TPSA) is 59.5 Å². The zero-order valence-corrected chi connectivity index (χ0v) is 13.2. The molecule has 0 bridgehead atoms. The maximum absolute atomic E-state index is 6.13. The van der Waals surface area contributed by atoms with Crippen LogP contribution in [0.1, 0.15) is 5.56 Å². The van der Waals surface area contributed by atoms with Gasteiger partial charge in [-0.1, -0.05) is 11.6 Å². The van der Waals surface area contributed by atoms with E-state index in [0.717, 1.165) is 41.7 Å². The van der Waals surface area contributed by atoms with Gasteiger partial charge in [-0.2, -0.15) is 0 Å². The SMILES string of the molecule is COc1ccc(CN2CCNc3c(Cl)ncnc32)c(OC)c1. The molecule has 0 spiro atoms. The number of hydrogen-bond acceptors (Lipinski definition) is 6. The summed E-state index contributed by atoms with van der Waals surface area (Å²) in [6.07, 6.45) is 1.48. The van der Waals surface area contributed by atoms with Gasteiger partial charge in [0.25, 0.3) is 0 Å². The van der Waals surface area contributed by atoms with E-state index in [0.29, 0.717) is 11.7 Å². The number of benzene rings is 1. The van der Waals surface area contributed by atoms with Crippen molar-refractivity contribution in [2.45, 2.75) is 6.54 Å². The molecule has 6 nitrogen and oxygen atoms in total. The minimum absolute atomic E-state index is 0.441. The first-order valence-corrected chi connectivity index (χ1v) is 7.31. The molecule has 2 heterocycles. The summed E-state index contributed by atoms with van der Waals surface area (Å²) in [5, 5.41) is 3.68. The fourth-order valence-corrected chi connectivity index (χ4v) is 2.71. The van der Waals surface area contributed by atoms with Crippen LogP contribution in [0.3, 0.4) is 0 Å². The third kappa shape index (κ3) is 2.74. The number of anilines is 2. The summed E-state index contributed by atoms with van der Waals surface area (Å²) in [5.41, 5.74) is 1.84. The van der Waals surface area contributed by atoms with Gasteiger partial charge in [0.15, 0.2) is 11.0 Å². The Bertz CT molecular complexity index is 681. The Hall–Kier alpha value is -2.21. The molecular formula is C15H17ClN4O2. The predicted octanol–water partition coefficient (Wildman–Crippen LogP) is 2.58. The van der Waals surface area contributed by atoms with Gasteiger partial charge >= 0.3 is 0 Å². The van der Waals surface area contributed by atoms with Crippen LogP contribution in [0.15, 0.2) is 24.5 Å². The monoisotopic (exact) mass is 320 g/mol. The third-order valence-electron chi connectivity index (χ3n) is 3.62. The lowest BCUT2D eigenvalue weighted by Crippen LogP contribution is -2.34. The summed E-state index contributed by atoms with van der Waals surface area (Å²) in [6.45, 7) is 2.29. The minimum Gasteiger partial charge on any atom is -0.497 e. The summed E-state index contributed by atoms with van der Waals surface area (Å²) < 4.78 is 10.7. The maximum atomic E-state index is 6.13. The van der Waals surface area contributed by atoms with Crippen molar-refractivity contribution < 1.29 is 9.47 Å². The van der Waals surface area contributed by atoms with Gasteiger partial charge < -0.3 is 19.7 Å². The number of aromatic nitrogens is 2. The molecule has 1 aromatic heterocycles. The zero-order valence-electron chi connectivity index (χ0n) is 12.5. The van der Waals surface area contributed by atoms with E-state index >= 15 is 0 Å². The van der Waals surface area contributed by atoms with E-state index in [-0.39, 0.29) is 0 Å². The number of nitrogens with one attached hydrogen (secondary N) is 1. The van der Waals surface area contributed by atoms with Gasteiger partial charge in [-0.15, -0.1) is 0 Å². The molecule has 0 radical (unpaired) electrons. The molecule has 0 atom stereocenters. The smallest absolute Gasteiger partial charge is 0.157 e. The molecule has 0 saturated heterocycles. The lowest BCUT2D eigenvalue weighted by Gasteiger charge is -2.31. The molecule has 0 amide bonds. The van der Waals surface area contributed by atoms with Crippen LogP contribution >= 0.6 is 11.6 Å². The summed E-state index contributed by atoms with van der Waals surface area (Å²) in [4.78, 5) is 10.5. The molecule has 1 aromatic carbocycles. The molecule has 1 aliphatic rings. The molecule has 0 unspecified atom stereocenters. The second kappa shape index (κ2) is 6.27. The summed E-state index contributed by atoms with van der Waals surface area (Å²) in [5.74, 6) is 2.37. The Morgan fingerprint density at radius 2 is 2.14 bits per heavy atom. The van der Waals surface area contributed by atoms with Crippen LogP contribution in [-0.4, -0.2) is 37.3 Å². The summed E-state index contributed by atoms with van der Waals surface area (Å²) >= 11 is 6.13. The second-order valence-electron chi connectivity index (χ2n) is 4.89. The fraction of sp³-hybridized carbons (Fsp3) is 0.333. The molecule has 1 aliphatic heterocycles. The Kier molecular flexibility index (Phi) is 4.20. The van der Waals surface area contributed by atoms with Crippen LogP contribution in [-0.2, 0) is 6.54 Å². The molecule has 1 N–H and O–H groups in total. The van der Waals surface area contributed by atoms with Crippen molar-refractivity contribution in [1.29, 1.82) is 0 Å². The summed E-state index contributed by atoms with van der Waals surface area (Å²) in [6, 6.07) is 5.81. The largest absolute Gasteiger partial charge is 0.497 e. The molecule has 3 rings (SSSR count). The maximum Gasteiger partial charge on any atom is 0.157 e. The van der Waals surface area contributed by atoms with E-state index in [9.17, 15) is 0 Å². The molecule has 22 heavy (non-hydrogen) atoms. The van der Waals surface area contributed by atoms with Crippen LogP contribution in [0.5, 0.6) is 11.5 Å². The molecule has 116 valence electrons. The number of halogens is 1. The van der Waals surface area contributed by atoms with E-state index in [1.807, 2.05) is 18.2 Å². The Balaban J connectivity index is 1.90. The van der Waals surface area contributed by atoms with Crippen LogP contribution < -0.4 is 19.7 Å². The zero-order chi connectivity index (χ0) is 15.5. The highest BCUT2D eigenvalue weighted by molar-refractivity contribution is 6.32. The van der Waals surface area contributed by atoms with E-state index in [4.69, 9.17) is 21.1 Å². The van der Waals surface area contributed by atoms with Gasteiger partial charge in [0.05, 0.1) is 14.2 Å². The minimum atomic E-state index is 0.441. The van der Waals surface area contributed by atoms with Gasteiger partial charge in [0.1, 0.15) is 23.5 Å². The standard InChI is InChI=1S/C15H17ClN4O2/c1-21-11-4-3-10(12(7-11)22-2)8-20-6-5-17-13-14(16)18-9-19-15(13)20/h3-4,7,9,17H,5-6,8H2,1-2H3. The van der Waals surface area contributed by atoms with Gasteiger partial charge in [0.2, 0.25) is 0 Å². The lowest BCUT2D eigenvalue weighted by molar-refractivity contribution is 0.390. The first kappa shape index (κ1) is 14.7. The van der Waals surface area contributed by atoms with E-state index in [1.54, 1.807) is 14.2 Å². The number of hydrogen-bond donors (Lipinski definition) is 1. The Morgan fingerprint density at radius 1 is 1.27 bits per heavy atom. The van der Waals surface area contributed by atoms with Crippen molar-refractivity contribution in [3.63, 3.8) is 0 Å². The van der Waals surface area contributed by atoms with Crippen molar-refractivity contribution >= 4 is 23.1 Å². The molecular weight excluding hydrogens is 304 g/mol. The number of ether oxygens (including phenoxy) is 2. The van der Waals surface area contributed by atoms with E-state index in [1.165, 1.54) is 6.33 Å². The van der Waals surface area contributed by atoms with Crippen molar-refractivity contribution in [3.05, 3.63) is 35.2 Å². The van der Waals surface area contributed by atoms with Gasteiger partial charge in [-0.25, -0.2) is 9.97 Å². The number of nitrogens with zero attached hydrogens (tertiary/aromatic N) is 3. The van der Waals surface area contributed by atoms with Crippen LogP contribution in [0, 0.1) is 0 Å². The molecule has 7 heteroatoms. The predicted molar refractivity (Wildman–Crippen MR) is 86.1 cm³/mol.